The van der Waals surface area contributed by atoms with Gasteiger partial charge >= 0.3 is 0 Å². The lowest BCUT2D eigenvalue weighted by atomic mass is 9.95. The Morgan fingerprint density at radius 3 is 2.70 bits per heavy atom. The number of amides is 2. The Balaban J connectivity index is 1.41. The number of hydrogen-bond donors (Lipinski definition) is 2. The van der Waals surface area contributed by atoms with Gasteiger partial charge in [-0.25, -0.2) is 4.68 Å². The largest absolute Gasteiger partial charge is 0.348 e. The van der Waals surface area contributed by atoms with Crippen LogP contribution in [0.25, 0.3) is 11.0 Å². The Morgan fingerprint density at radius 1 is 1.06 bits per heavy atom. The highest BCUT2D eigenvalue weighted by atomic mass is 32.1. The van der Waals surface area contributed by atoms with Gasteiger partial charge in [0, 0.05) is 23.5 Å². The predicted octanol–water partition coefficient (Wildman–Crippen LogP) is 4.57. The van der Waals surface area contributed by atoms with Gasteiger partial charge in [-0.15, -0.1) is 16.4 Å². The van der Waals surface area contributed by atoms with Crippen LogP contribution in [0, 0.1) is 0 Å². The van der Waals surface area contributed by atoms with Crippen LogP contribution in [0.1, 0.15) is 56.5 Å². The van der Waals surface area contributed by atoms with E-state index in [1.54, 1.807) is 16.8 Å². The first-order valence-electron chi connectivity index (χ1n) is 11.2. The zero-order valence-electron chi connectivity index (χ0n) is 18.4. The maximum atomic E-state index is 13.2. The van der Waals surface area contributed by atoms with E-state index in [2.05, 4.69) is 20.9 Å². The maximum Gasteiger partial charge on any atom is 0.256 e. The molecule has 2 heterocycles. The molecule has 0 saturated heterocycles. The molecule has 0 saturated carbocycles. The first-order chi connectivity index (χ1) is 16.1. The second-order valence-corrected chi connectivity index (χ2v) is 9.25. The summed E-state index contributed by atoms with van der Waals surface area (Å²) >= 11 is 1.52. The van der Waals surface area contributed by atoms with E-state index in [0.717, 1.165) is 42.3 Å². The molecular weight excluding hydrogens is 434 g/mol. The fourth-order valence-electron chi connectivity index (χ4n) is 4.28. The Labute approximate surface area is 195 Å². The van der Waals surface area contributed by atoms with Crippen LogP contribution in [-0.4, -0.2) is 26.8 Å². The highest BCUT2D eigenvalue weighted by Crippen LogP contribution is 2.38. The molecule has 5 rings (SSSR count). The van der Waals surface area contributed by atoms with Crippen LogP contribution in [0.2, 0.25) is 0 Å². The smallest absolute Gasteiger partial charge is 0.256 e. The molecule has 0 aliphatic heterocycles. The summed E-state index contributed by atoms with van der Waals surface area (Å²) in [5, 5.41) is 14.9. The van der Waals surface area contributed by atoms with Crippen molar-refractivity contribution in [1.29, 1.82) is 0 Å². The number of carbonyl (C=O) groups is 2. The van der Waals surface area contributed by atoms with Gasteiger partial charge in [-0.3, -0.25) is 9.59 Å². The number of nitrogens with one attached hydrogen (secondary N) is 2. The predicted molar refractivity (Wildman–Crippen MR) is 130 cm³/mol. The van der Waals surface area contributed by atoms with E-state index in [1.165, 1.54) is 16.2 Å². The number of rotatable bonds is 6. The van der Waals surface area contributed by atoms with Gasteiger partial charge in [0.1, 0.15) is 10.5 Å². The van der Waals surface area contributed by atoms with Crippen LogP contribution in [0.15, 0.2) is 48.5 Å². The minimum absolute atomic E-state index is 0.144. The molecule has 33 heavy (non-hydrogen) atoms. The topological polar surface area (TPSA) is 88.9 Å². The van der Waals surface area contributed by atoms with Crippen molar-refractivity contribution in [3.63, 3.8) is 0 Å². The summed E-state index contributed by atoms with van der Waals surface area (Å²) < 4.78 is 1.79. The fourth-order valence-corrected chi connectivity index (χ4v) is 5.56. The van der Waals surface area contributed by atoms with Crippen molar-refractivity contribution in [1.82, 2.24) is 20.3 Å². The summed E-state index contributed by atoms with van der Waals surface area (Å²) in [6.45, 7) is 3.16. The van der Waals surface area contributed by atoms with E-state index in [4.69, 9.17) is 0 Å². The lowest BCUT2D eigenvalue weighted by Gasteiger charge is -2.13. The molecule has 2 N–H and O–H groups in total. The molecule has 0 fully saturated rings. The number of fused-ring (bicyclic) bond motifs is 2. The van der Waals surface area contributed by atoms with Crippen molar-refractivity contribution in [3.8, 4) is 0 Å². The molecule has 1 aliphatic rings. The average molecular weight is 460 g/mol. The van der Waals surface area contributed by atoms with Crippen molar-refractivity contribution in [3.05, 3.63) is 75.7 Å². The molecular formula is C25H25N5O2S. The first kappa shape index (κ1) is 21.3. The van der Waals surface area contributed by atoms with Crippen LogP contribution in [-0.2, 0) is 25.9 Å². The summed E-state index contributed by atoms with van der Waals surface area (Å²) in [6, 6.07) is 15.2. The van der Waals surface area contributed by atoms with E-state index >= 15 is 0 Å². The standard InChI is InChI=1S/C25H25N5O2S/c1-2-30-20-13-12-17(14-19(20)28-29-30)23(31)27-25-22(18-10-6-7-11-21(18)33-25)24(32)26-15-16-8-4-3-5-9-16/h3-5,8-9,12-14H,2,6-7,10-11,15H2,1H3,(H,26,32)(H,27,31). The first-order valence-corrected chi connectivity index (χ1v) is 12.1. The molecule has 0 atom stereocenters. The number of aromatic nitrogens is 3. The normalized spacial score (nSPS) is 13.0. The van der Waals surface area contributed by atoms with E-state index in [-0.39, 0.29) is 11.8 Å². The van der Waals surface area contributed by atoms with E-state index < -0.39 is 0 Å². The second kappa shape index (κ2) is 9.15. The molecule has 0 unspecified atom stereocenters. The summed E-state index contributed by atoms with van der Waals surface area (Å²) in [5.41, 5.74) is 4.78. The molecule has 7 nitrogen and oxygen atoms in total. The van der Waals surface area contributed by atoms with Gasteiger partial charge in [-0.05, 0) is 61.9 Å². The zero-order valence-corrected chi connectivity index (χ0v) is 19.2. The Kier molecular flexibility index (Phi) is 5.92. The Hall–Kier alpha value is -3.52. The summed E-state index contributed by atoms with van der Waals surface area (Å²) in [7, 11) is 0. The van der Waals surface area contributed by atoms with E-state index in [9.17, 15) is 9.59 Å². The number of hydrogen-bond acceptors (Lipinski definition) is 5. The molecule has 0 spiro atoms. The summed E-state index contributed by atoms with van der Waals surface area (Å²) in [6.07, 6.45) is 3.97. The third kappa shape index (κ3) is 4.26. The van der Waals surface area contributed by atoms with Crippen molar-refractivity contribution < 1.29 is 9.59 Å². The van der Waals surface area contributed by atoms with Gasteiger partial charge in [-0.1, -0.05) is 35.5 Å². The summed E-state index contributed by atoms with van der Waals surface area (Å²) in [5.74, 6) is -0.395. The lowest BCUT2D eigenvalue weighted by Crippen LogP contribution is -2.25. The van der Waals surface area contributed by atoms with E-state index in [1.807, 2.05) is 43.3 Å². The minimum Gasteiger partial charge on any atom is -0.348 e. The number of thiophene rings is 1. The lowest BCUT2D eigenvalue weighted by molar-refractivity contribution is 0.0951. The van der Waals surface area contributed by atoms with Gasteiger partial charge < -0.3 is 10.6 Å². The minimum atomic E-state index is -0.251. The quantitative estimate of drug-likeness (QED) is 0.442. The van der Waals surface area contributed by atoms with Crippen molar-refractivity contribution in [2.24, 2.45) is 0 Å². The molecule has 1 aliphatic carbocycles. The Bertz CT molecular complexity index is 1330. The van der Waals surface area contributed by atoms with E-state index in [0.29, 0.717) is 34.7 Å². The molecule has 168 valence electrons. The zero-order chi connectivity index (χ0) is 22.8. The molecule has 2 aromatic carbocycles. The molecule has 4 aromatic rings. The maximum absolute atomic E-state index is 13.2. The number of carbonyl (C=O) groups excluding carboxylic acids is 2. The SMILES string of the molecule is CCn1nnc2cc(C(=O)Nc3sc4c(c3C(=O)NCc3ccccc3)CCCC4)ccc21. The van der Waals surface area contributed by atoms with Crippen LogP contribution in [0.4, 0.5) is 5.00 Å². The van der Waals surface area contributed by atoms with Crippen molar-refractivity contribution in [2.45, 2.75) is 45.7 Å². The Morgan fingerprint density at radius 2 is 1.88 bits per heavy atom. The van der Waals surface area contributed by atoms with Gasteiger partial charge in [0.25, 0.3) is 11.8 Å². The van der Waals surface area contributed by atoms with Crippen LogP contribution < -0.4 is 10.6 Å². The number of nitrogens with zero attached hydrogens (tertiary/aromatic N) is 3. The molecule has 2 amide bonds. The monoisotopic (exact) mass is 459 g/mol. The number of anilines is 1. The second-order valence-electron chi connectivity index (χ2n) is 8.15. The number of aryl methyl sites for hydroxylation is 2. The highest BCUT2D eigenvalue weighted by molar-refractivity contribution is 7.17. The third-order valence-electron chi connectivity index (χ3n) is 6.00. The summed E-state index contributed by atoms with van der Waals surface area (Å²) in [4.78, 5) is 27.5. The molecule has 0 bridgehead atoms. The van der Waals surface area contributed by atoms with Crippen molar-refractivity contribution in [2.75, 3.05) is 5.32 Å². The van der Waals surface area contributed by atoms with Gasteiger partial charge in [0.15, 0.2) is 0 Å². The molecule has 0 radical (unpaired) electrons. The fraction of sp³-hybridized carbons (Fsp3) is 0.280. The van der Waals surface area contributed by atoms with Crippen LogP contribution in [0.3, 0.4) is 0 Å². The van der Waals surface area contributed by atoms with Crippen LogP contribution >= 0.6 is 11.3 Å². The van der Waals surface area contributed by atoms with Gasteiger partial charge in [-0.2, -0.15) is 0 Å². The average Bonchev–Trinajstić information content (AvgIpc) is 3.43. The van der Waals surface area contributed by atoms with Gasteiger partial charge in [0.05, 0.1) is 11.1 Å². The van der Waals surface area contributed by atoms with Gasteiger partial charge in [0.2, 0.25) is 0 Å². The highest BCUT2D eigenvalue weighted by Gasteiger charge is 2.26. The van der Waals surface area contributed by atoms with Crippen LogP contribution in [0.5, 0.6) is 0 Å². The molecule has 8 heteroatoms. The number of benzene rings is 2. The van der Waals surface area contributed by atoms with Crippen molar-refractivity contribution >= 4 is 39.2 Å². The molecule has 2 aromatic heterocycles. The third-order valence-corrected chi connectivity index (χ3v) is 7.20.